The Kier molecular flexibility index (Phi) is 6.84. The number of anilines is 2. The fourth-order valence-electron chi connectivity index (χ4n) is 3.12. The topological polar surface area (TPSA) is 93.5 Å². The summed E-state index contributed by atoms with van der Waals surface area (Å²) in [6, 6.07) is 8.73. The third-order valence-corrected chi connectivity index (χ3v) is 4.52. The first kappa shape index (κ1) is 19.7. The van der Waals surface area contributed by atoms with Crippen molar-refractivity contribution in [3.63, 3.8) is 0 Å². The molecule has 3 rings (SSSR count). The van der Waals surface area contributed by atoms with Crippen LogP contribution in [-0.2, 0) is 9.53 Å². The molecular weight excluding hydrogens is 358 g/mol. The van der Waals surface area contributed by atoms with Gasteiger partial charge in [-0.25, -0.2) is 4.79 Å². The van der Waals surface area contributed by atoms with E-state index < -0.39 is 18.5 Å². The first-order valence-corrected chi connectivity index (χ1v) is 9.53. The maximum absolute atomic E-state index is 12.4. The number of ether oxygens (including phenoxy) is 1. The lowest BCUT2D eigenvalue weighted by Crippen LogP contribution is -2.21. The lowest BCUT2D eigenvalue weighted by molar-refractivity contribution is -0.119. The van der Waals surface area contributed by atoms with Crippen molar-refractivity contribution in [1.29, 1.82) is 0 Å². The van der Waals surface area contributed by atoms with E-state index in [2.05, 4.69) is 21.9 Å². The minimum atomic E-state index is -0.550. The van der Waals surface area contributed by atoms with Crippen molar-refractivity contribution < 1.29 is 18.8 Å². The minimum absolute atomic E-state index is 0.289. The number of nitrogens with zero attached hydrogens (tertiary/aromatic N) is 1. The number of amides is 1. The molecule has 0 spiro atoms. The first-order chi connectivity index (χ1) is 13.6. The van der Waals surface area contributed by atoms with Gasteiger partial charge >= 0.3 is 5.97 Å². The summed E-state index contributed by atoms with van der Waals surface area (Å²) < 4.78 is 10.0. The van der Waals surface area contributed by atoms with E-state index in [9.17, 15) is 9.59 Å². The number of esters is 1. The summed E-state index contributed by atoms with van der Waals surface area (Å²) in [7, 11) is 0. The summed E-state index contributed by atoms with van der Waals surface area (Å²) in [5.74, 6) is -0.156. The molecule has 1 heterocycles. The third-order valence-electron chi connectivity index (χ3n) is 4.52. The highest BCUT2D eigenvalue weighted by Gasteiger charge is 2.15. The maximum atomic E-state index is 12.4. The monoisotopic (exact) mass is 383 g/mol. The quantitative estimate of drug-likeness (QED) is 0.527. The molecule has 0 aliphatic heterocycles. The van der Waals surface area contributed by atoms with Gasteiger partial charge in [0.05, 0.1) is 5.56 Å². The molecule has 0 atom stereocenters. The van der Waals surface area contributed by atoms with Crippen LogP contribution in [0.3, 0.4) is 0 Å². The Balaban J connectivity index is 1.50. The van der Waals surface area contributed by atoms with Crippen molar-refractivity contribution in [3.05, 3.63) is 53.3 Å². The number of benzene rings is 1. The molecular formula is C21H25N3O4. The molecule has 1 aromatic carbocycles. The first-order valence-electron chi connectivity index (χ1n) is 9.53. The van der Waals surface area contributed by atoms with Gasteiger partial charge < -0.3 is 19.9 Å². The molecule has 148 valence electrons. The second-order valence-electron chi connectivity index (χ2n) is 6.78. The average Bonchev–Trinajstić information content (AvgIpc) is 3.12. The van der Waals surface area contributed by atoms with Crippen LogP contribution in [0.5, 0.6) is 0 Å². The maximum Gasteiger partial charge on any atom is 0.340 e. The van der Waals surface area contributed by atoms with Gasteiger partial charge in [0.15, 0.2) is 12.4 Å². The van der Waals surface area contributed by atoms with Crippen molar-refractivity contribution >= 4 is 23.4 Å². The Labute approximate surface area is 164 Å². The van der Waals surface area contributed by atoms with Gasteiger partial charge in [-0.05, 0) is 51.2 Å². The number of allylic oxidation sites excluding steroid dienone is 1. The molecule has 0 saturated carbocycles. The Bertz CT molecular complexity index is 857. The van der Waals surface area contributed by atoms with Crippen molar-refractivity contribution in [2.75, 3.05) is 23.8 Å². The zero-order valence-corrected chi connectivity index (χ0v) is 16.0. The average molecular weight is 383 g/mol. The largest absolute Gasteiger partial charge is 0.452 e. The molecule has 2 N–H and O–H groups in total. The van der Waals surface area contributed by atoms with E-state index >= 15 is 0 Å². The number of rotatable bonds is 8. The van der Waals surface area contributed by atoms with Gasteiger partial charge in [0.2, 0.25) is 0 Å². The van der Waals surface area contributed by atoms with Gasteiger partial charge in [-0.15, -0.1) is 0 Å². The molecule has 1 aliphatic rings. The highest BCUT2D eigenvalue weighted by molar-refractivity contribution is 5.98. The third kappa shape index (κ3) is 5.70. The van der Waals surface area contributed by atoms with Crippen molar-refractivity contribution in [2.45, 2.75) is 39.0 Å². The fraction of sp³-hybridized carbons (Fsp3) is 0.381. The molecule has 7 heteroatoms. The van der Waals surface area contributed by atoms with E-state index in [1.165, 1.54) is 18.4 Å². The number of aromatic nitrogens is 1. The van der Waals surface area contributed by atoms with E-state index in [-0.39, 0.29) is 5.82 Å². The second kappa shape index (κ2) is 9.73. The number of nitrogens with one attached hydrogen (secondary N) is 2. The highest BCUT2D eigenvalue weighted by Crippen LogP contribution is 2.21. The molecule has 0 unspecified atom stereocenters. The van der Waals surface area contributed by atoms with E-state index in [4.69, 9.17) is 9.26 Å². The minimum Gasteiger partial charge on any atom is -0.452 e. The summed E-state index contributed by atoms with van der Waals surface area (Å²) >= 11 is 0. The predicted octanol–water partition coefficient (Wildman–Crippen LogP) is 4.08. The summed E-state index contributed by atoms with van der Waals surface area (Å²) in [5.41, 5.74) is 2.58. The van der Waals surface area contributed by atoms with Crippen LogP contribution in [-0.4, -0.2) is 30.2 Å². The van der Waals surface area contributed by atoms with Crippen LogP contribution in [0.15, 0.2) is 46.5 Å². The number of hydrogen-bond donors (Lipinski definition) is 2. The van der Waals surface area contributed by atoms with Crippen molar-refractivity contribution in [2.24, 2.45) is 0 Å². The number of hydrogen-bond acceptors (Lipinski definition) is 6. The van der Waals surface area contributed by atoms with Crippen LogP contribution in [0.1, 0.15) is 48.2 Å². The van der Waals surface area contributed by atoms with Crippen LogP contribution < -0.4 is 10.6 Å². The van der Waals surface area contributed by atoms with E-state index in [1.54, 1.807) is 25.1 Å². The lowest BCUT2D eigenvalue weighted by Gasteiger charge is -2.15. The number of carbonyl (C=O) groups excluding carboxylic acids is 2. The van der Waals surface area contributed by atoms with Gasteiger partial charge in [-0.2, -0.15) is 0 Å². The zero-order valence-electron chi connectivity index (χ0n) is 16.0. The summed E-state index contributed by atoms with van der Waals surface area (Å²) in [5, 5.41) is 9.48. The predicted molar refractivity (Wildman–Crippen MR) is 106 cm³/mol. The highest BCUT2D eigenvalue weighted by atomic mass is 16.5. The molecule has 1 amide bonds. The SMILES string of the molecule is Cc1cc(NC(=O)COC(=O)c2ccccc2NCCC2=CCCCC2)no1. The Morgan fingerprint density at radius 3 is 2.86 bits per heavy atom. The van der Waals surface area contributed by atoms with E-state index in [0.717, 1.165) is 25.8 Å². The molecule has 1 aliphatic carbocycles. The van der Waals surface area contributed by atoms with Crippen molar-refractivity contribution in [3.8, 4) is 0 Å². The van der Waals surface area contributed by atoms with Crippen LogP contribution in [0.4, 0.5) is 11.5 Å². The normalized spacial score (nSPS) is 13.5. The van der Waals surface area contributed by atoms with Gasteiger partial charge in [0.1, 0.15) is 5.76 Å². The van der Waals surface area contributed by atoms with Crippen LogP contribution in [0.25, 0.3) is 0 Å². The van der Waals surface area contributed by atoms with Crippen LogP contribution in [0, 0.1) is 6.92 Å². The molecule has 0 saturated heterocycles. The number of aryl methyl sites for hydroxylation is 1. The Hall–Kier alpha value is -3.09. The van der Waals surface area contributed by atoms with Gasteiger partial charge in [0, 0.05) is 18.3 Å². The van der Waals surface area contributed by atoms with Gasteiger partial charge in [-0.1, -0.05) is 28.9 Å². The van der Waals surface area contributed by atoms with Gasteiger partial charge in [0.25, 0.3) is 5.91 Å². The molecule has 2 aromatic rings. The van der Waals surface area contributed by atoms with Gasteiger partial charge in [-0.3, -0.25) is 4.79 Å². The summed E-state index contributed by atoms with van der Waals surface area (Å²) in [6.07, 6.45) is 8.13. The molecule has 0 fully saturated rings. The summed E-state index contributed by atoms with van der Waals surface area (Å²) in [4.78, 5) is 24.3. The molecule has 0 bridgehead atoms. The van der Waals surface area contributed by atoms with Crippen LogP contribution >= 0.6 is 0 Å². The molecule has 28 heavy (non-hydrogen) atoms. The van der Waals surface area contributed by atoms with E-state index in [1.807, 2.05) is 12.1 Å². The fourth-order valence-corrected chi connectivity index (χ4v) is 3.12. The molecule has 0 radical (unpaired) electrons. The molecule has 7 nitrogen and oxygen atoms in total. The smallest absolute Gasteiger partial charge is 0.340 e. The zero-order chi connectivity index (χ0) is 19.8. The standard InChI is InChI=1S/C21H25N3O4/c1-15-13-19(24-28-15)23-20(25)14-27-21(26)17-9-5-6-10-18(17)22-12-11-16-7-3-2-4-8-16/h5-7,9-10,13,22H,2-4,8,11-12,14H2,1H3,(H,23,24,25). The Morgan fingerprint density at radius 1 is 1.25 bits per heavy atom. The molecule has 1 aromatic heterocycles. The van der Waals surface area contributed by atoms with E-state index in [0.29, 0.717) is 17.0 Å². The van der Waals surface area contributed by atoms with Crippen LogP contribution in [0.2, 0.25) is 0 Å². The summed E-state index contributed by atoms with van der Waals surface area (Å²) in [6.45, 7) is 2.07. The lowest BCUT2D eigenvalue weighted by atomic mass is 9.97. The Morgan fingerprint density at radius 2 is 2.11 bits per heavy atom. The number of carbonyl (C=O) groups is 2. The number of para-hydroxylation sites is 1. The second-order valence-corrected chi connectivity index (χ2v) is 6.78. The van der Waals surface area contributed by atoms with Crippen molar-refractivity contribution in [1.82, 2.24) is 5.16 Å².